The van der Waals surface area contributed by atoms with Gasteiger partial charge in [-0.1, -0.05) is 30.3 Å². The van der Waals surface area contributed by atoms with E-state index in [9.17, 15) is 14.7 Å². The van der Waals surface area contributed by atoms with Crippen LogP contribution in [0.3, 0.4) is 0 Å². The van der Waals surface area contributed by atoms with Gasteiger partial charge in [0.2, 0.25) is 11.8 Å². The molecular weight excluding hydrogens is 490 g/mol. The fourth-order valence-corrected chi connectivity index (χ4v) is 5.56. The van der Waals surface area contributed by atoms with E-state index in [0.717, 1.165) is 29.1 Å². The van der Waals surface area contributed by atoms with E-state index in [-0.39, 0.29) is 34.9 Å². The molecule has 1 amide bonds. The lowest BCUT2D eigenvalue weighted by atomic mass is 9.94. The number of aryl methyl sites for hydroxylation is 1. The molecule has 0 saturated carbocycles. The smallest absolute Gasteiger partial charge is 0.335 e. The number of carbonyl (C=O) groups excluding carboxylic acids is 1. The van der Waals surface area contributed by atoms with Gasteiger partial charge < -0.3 is 20.2 Å². The van der Waals surface area contributed by atoms with Crippen LogP contribution in [0.15, 0.2) is 58.3 Å². The van der Waals surface area contributed by atoms with Gasteiger partial charge in [0.15, 0.2) is 0 Å². The average molecular weight is 518 g/mol. The van der Waals surface area contributed by atoms with Crippen molar-refractivity contribution in [3.8, 4) is 11.5 Å². The Hall–Kier alpha value is -3.89. The van der Waals surface area contributed by atoms with Gasteiger partial charge in [-0.05, 0) is 56.9 Å². The van der Waals surface area contributed by atoms with Crippen LogP contribution >= 0.6 is 11.3 Å². The van der Waals surface area contributed by atoms with Gasteiger partial charge in [0, 0.05) is 28.7 Å². The maximum absolute atomic E-state index is 13.6. The van der Waals surface area contributed by atoms with Crippen LogP contribution in [0.2, 0.25) is 0 Å². The summed E-state index contributed by atoms with van der Waals surface area (Å²) in [6, 6.07) is 14.0. The Morgan fingerprint density at radius 3 is 2.65 bits per heavy atom. The maximum Gasteiger partial charge on any atom is 0.335 e. The summed E-state index contributed by atoms with van der Waals surface area (Å²) in [4.78, 5) is 31.8. The summed E-state index contributed by atoms with van der Waals surface area (Å²) >= 11 is 1.53. The second kappa shape index (κ2) is 9.87. The molecule has 0 aliphatic carbocycles. The minimum Gasteiger partial charge on any atom is -0.478 e. The summed E-state index contributed by atoms with van der Waals surface area (Å²) < 4.78 is 5.92. The normalized spacial score (nSPS) is 17.1. The van der Waals surface area contributed by atoms with Crippen LogP contribution < -0.4 is 5.73 Å². The van der Waals surface area contributed by atoms with Crippen LogP contribution in [0.4, 0.5) is 0 Å². The third-order valence-electron chi connectivity index (χ3n) is 6.44. The second-order valence-corrected chi connectivity index (χ2v) is 10.5. The largest absolute Gasteiger partial charge is 0.478 e. The number of hydrogen-bond donors (Lipinski definition) is 2. The predicted octanol–water partition coefficient (Wildman–Crippen LogP) is 4.59. The van der Waals surface area contributed by atoms with Gasteiger partial charge in [0.25, 0.3) is 5.91 Å². The third-order valence-corrected chi connectivity index (χ3v) is 7.50. The van der Waals surface area contributed by atoms with Gasteiger partial charge in [0.1, 0.15) is 5.01 Å². The molecule has 2 aromatic carbocycles. The first kappa shape index (κ1) is 24.8. The van der Waals surface area contributed by atoms with Crippen molar-refractivity contribution in [3.05, 3.63) is 87.2 Å². The number of rotatable bonds is 7. The number of amides is 1. The van der Waals surface area contributed by atoms with Gasteiger partial charge in [-0.15, -0.1) is 21.5 Å². The first-order valence-corrected chi connectivity index (χ1v) is 12.9. The van der Waals surface area contributed by atoms with Gasteiger partial charge in [0.05, 0.1) is 17.1 Å². The molecule has 0 bridgehead atoms. The fraction of sp³-hybridized carbons (Fsp3) is 0.296. The Morgan fingerprint density at radius 2 is 1.95 bits per heavy atom. The van der Waals surface area contributed by atoms with Crippen molar-refractivity contribution in [2.45, 2.75) is 44.7 Å². The molecule has 1 aliphatic heterocycles. The van der Waals surface area contributed by atoms with Gasteiger partial charge in [-0.2, -0.15) is 0 Å². The first-order chi connectivity index (χ1) is 17.7. The number of thiazole rings is 1. The zero-order chi connectivity index (χ0) is 26.2. The van der Waals surface area contributed by atoms with E-state index in [4.69, 9.17) is 10.2 Å². The molecular formula is C27H27N5O4S. The lowest BCUT2D eigenvalue weighted by Gasteiger charge is -2.23. The summed E-state index contributed by atoms with van der Waals surface area (Å²) in [6.07, 6.45) is 2.14. The molecule has 190 valence electrons. The number of nitrogens with zero attached hydrogens (tertiary/aromatic N) is 4. The van der Waals surface area contributed by atoms with E-state index in [1.807, 2.05) is 42.6 Å². The second-order valence-electron chi connectivity index (χ2n) is 9.58. The summed E-state index contributed by atoms with van der Waals surface area (Å²) in [5, 5.41) is 20.9. The number of likely N-dealkylation sites (tertiary alicyclic amines) is 1. The van der Waals surface area contributed by atoms with Gasteiger partial charge in [-0.25, -0.2) is 9.78 Å². The van der Waals surface area contributed by atoms with Crippen molar-refractivity contribution in [1.29, 1.82) is 0 Å². The van der Waals surface area contributed by atoms with Crippen LogP contribution in [0.5, 0.6) is 0 Å². The lowest BCUT2D eigenvalue weighted by Crippen LogP contribution is -2.35. The predicted molar refractivity (Wildman–Crippen MR) is 138 cm³/mol. The van der Waals surface area contributed by atoms with Crippen molar-refractivity contribution < 1.29 is 19.1 Å². The van der Waals surface area contributed by atoms with Crippen molar-refractivity contribution in [1.82, 2.24) is 20.1 Å². The standard InChI is InChI=1S/C27H27N5O4S/c1-16-15-37-23(29-16)21-9-6-10-32(21)24(33)19-11-18(12-20(13-19)25(34)35)22-30-31-26(36-22)27(2,28)14-17-7-4-3-5-8-17/h3-5,7-8,11-13,15,21H,6,9-10,14,28H2,1-2H3,(H,34,35)/t21-,27?/m1/s1. The number of hydrogen-bond acceptors (Lipinski definition) is 8. The average Bonchev–Trinajstić information content (AvgIpc) is 3.64. The maximum atomic E-state index is 13.6. The molecule has 4 aromatic rings. The Kier molecular flexibility index (Phi) is 6.61. The number of carboxylic acid groups (broad SMARTS) is 1. The van der Waals surface area contributed by atoms with Crippen molar-refractivity contribution in [2.24, 2.45) is 5.73 Å². The Labute approximate surface area is 218 Å². The van der Waals surface area contributed by atoms with Crippen LogP contribution in [-0.2, 0) is 12.0 Å². The molecule has 5 rings (SSSR count). The molecule has 1 unspecified atom stereocenters. The third kappa shape index (κ3) is 5.16. The quantitative estimate of drug-likeness (QED) is 0.363. The number of aromatic carboxylic acids is 1. The molecule has 10 heteroatoms. The summed E-state index contributed by atoms with van der Waals surface area (Å²) in [5.41, 5.74) is 8.06. The molecule has 37 heavy (non-hydrogen) atoms. The lowest BCUT2D eigenvalue weighted by molar-refractivity contribution is 0.0697. The zero-order valence-corrected chi connectivity index (χ0v) is 21.4. The van der Waals surface area contributed by atoms with E-state index in [1.54, 1.807) is 17.9 Å². The monoisotopic (exact) mass is 517 g/mol. The van der Waals surface area contributed by atoms with Gasteiger partial charge >= 0.3 is 5.97 Å². The van der Waals surface area contributed by atoms with Gasteiger partial charge in [-0.3, -0.25) is 4.79 Å². The van der Waals surface area contributed by atoms with Crippen LogP contribution in [0.1, 0.15) is 68.7 Å². The number of carboxylic acids is 1. The van der Waals surface area contributed by atoms with Crippen molar-refractivity contribution in [2.75, 3.05) is 6.54 Å². The van der Waals surface area contributed by atoms with E-state index in [2.05, 4.69) is 15.2 Å². The molecule has 2 atom stereocenters. The summed E-state index contributed by atoms with van der Waals surface area (Å²) in [6.45, 7) is 4.30. The molecule has 1 aliphatic rings. The highest BCUT2D eigenvalue weighted by atomic mass is 32.1. The molecule has 0 radical (unpaired) electrons. The molecule has 3 N–H and O–H groups in total. The molecule has 0 spiro atoms. The fourth-order valence-electron chi connectivity index (χ4n) is 4.62. The highest BCUT2D eigenvalue weighted by Gasteiger charge is 2.33. The minimum atomic E-state index is -1.16. The minimum absolute atomic E-state index is 0.0405. The number of aromatic nitrogens is 3. The number of benzene rings is 2. The topological polar surface area (TPSA) is 135 Å². The molecule has 3 heterocycles. The molecule has 1 saturated heterocycles. The van der Waals surface area contributed by atoms with Crippen LogP contribution in [0, 0.1) is 6.92 Å². The molecule has 9 nitrogen and oxygen atoms in total. The SMILES string of the molecule is Cc1csc([C@H]2CCCN2C(=O)c2cc(C(=O)O)cc(-c3nnc(C(C)(N)Cc4ccccc4)o3)c2)n1. The number of carbonyl (C=O) groups is 2. The Bertz CT molecular complexity index is 1450. The van der Waals surface area contributed by atoms with E-state index >= 15 is 0 Å². The Balaban J connectivity index is 1.46. The Morgan fingerprint density at radius 1 is 1.19 bits per heavy atom. The number of nitrogens with two attached hydrogens (primary N) is 1. The zero-order valence-electron chi connectivity index (χ0n) is 20.5. The summed E-state index contributed by atoms with van der Waals surface area (Å²) in [7, 11) is 0. The van der Waals surface area contributed by atoms with Crippen LogP contribution in [-0.4, -0.2) is 43.6 Å². The first-order valence-electron chi connectivity index (χ1n) is 12.0. The van der Waals surface area contributed by atoms with Crippen molar-refractivity contribution >= 4 is 23.2 Å². The van der Waals surface area contributed by atoms with E-state index in [1.165, 1.54) is 23.5 Å². The van der Waals surface area contributed by atoms with Crippen LogP contribution in [0.25, 0.3) is 11.5 Å². The highest BCUT2D eigenvalue weighted by molar-refractivity contribution is 7.09. The van der Waals surface area contributed by atoms with E-state index < -0.39 is 11.5 Å². The highest BCUT2D eigenvalue weighted by Crippen LogP contribution is 2.35. The van der Waals surface area contributed by atoms with E-state index in [0.29, 0.717) is 18.5 Å². The molecule has 2 aromatic heterocycles. The molecule has 1 fully saturated rings. The summed E-state index contributed by atoms with van der Waals surface area (Å²) in [5.74, 6) is -1.09. The van der Waals surface area contributed by atoms with Crippen molar-refractivity contribution in [3.63, 3.8) is 0 Å².